The Bertz CT molecular complexity index is 1120. The van der Waals surface area contributed by atoms with Crippen LogP contribution in [0, 0.1) is 5.82 Å². The number of hydrogen-bond acceptors (Lipinski definition) is 2. The van der Waals surface area contributed by atoms with Crippen molar-refractivity contribution in [1.29, 1.82) is 0 Å². The Morgan fingerprint density at radius 1 is 0.943 bits per heavy atom. The third kappa shape index (κ3) is 7.55. The molecule has 3 aromatic rings. The average Bonchev–Trinajstić information content (AvgIpc) is 2.85. The zero-order valence-corrected chi connectivity index (χ0v) is 21.2. The van der Waals surface area contributed by atoms with E-state index in [-0.39, 0.29) is 24.4 Å². The van der Waals surface area contributed by atoms with E-state index < -0.39 is 17.8 Å². The Kier molecular flexibility index (Phi) is 10.1. The van der Waals surface area contributed by atoms with Gasteiger partial charge in [0.2, 0.25) is 11.8 Å². The minimum absolute atomic E-state index is 0.0183. The van der Waals surface area contributed by atoms with Gasteiger partial charge < -0.3 is 10.2 Å². The molecule has 3 rings (SSSR count). The number of nitrogens with one attached hydrogen (secondary N) is 1. The van der Waals surface area contributed by atoms with Crippen molar-refractivity contribution in [3.63, 3.8) is 0 Å². The highest BCUT2D eigenvalue weighted by Gasteiger charge is 2.31. The lowest BCUT2D eigenvalue weighted by atomic mass is 10.0. The second-order valence-corrected chi connectivity index (χ2v) is 9.15. The first kappa shape index (κ1) is 26.7. The fraction of sp³-hybridized carbons (Fsp3) is 0.286. The molecule has 0 aromatic heterocycles. The lowest BCUT2D eigenvalue weighted by Crippen LogP contribution is -2.51. The predicted octanol–water partition coefficient (Wildman–Crippen LogP) is 6.23. The summed E-state index contributed by atoms with van der Waals surface area (Å²) in [6, 6.07) is 19.9. The number of carbonyl (C=O) groups is 2. The molecule has 0 spiro atoms. The lowest BCUT2D eigenvalue weighted by Gasteiger charge is -2.32. The fourth-order valence-corrected chi connectivity index (χ4v) is 4.34. The minimum Gasteiger partial charge on any atom is -0.354 e. The van der Waals surface area contributed by atoms with E-state index in [2.05, 4.69) is 5.32 Å². The van der Waals surface area contributed by atoms with Crippen LogP contribution in [0.25, 0.3) is 0 Å². The van der Waals surface area contributed by atoms with E-state index in [9.17, 15) is 14.0 Å². The van der Waals surface area contributed by atoms with E-state index in [0.717, 1.165) is 18.4 Å². The van der Waals surface area contributed by atoms with Crippen LogP contribution in [0.5, 0.6) is 0 Å². The Labute approximate surface area is 216 Å². The zero-order chi connectivity index (χ0) is 25.2. The van der Waals surface area contributed by atoms with Crippen molar-refractivity contribution in [2.45, 2.75) is 45.2 Å². The molecule has 0 saturated heterocycles. The van der Waals surface area contributed by atoms with Gasteiger partial charge in [-0.1, -0.05) is 91.1 Å². The first-order valence-corrected chi connectivity index (χ1v) is 12.4. The van der Waals surface area contributed by atoms with Crippen LogP contribution in [0.2, 0.25) is 10.0 Å². The third-order valence-electron chi connectivity index (χ3n) is 5.79. The predicted molar refractivity (Wildman–Crippen MR) is 139 cm³/mol. The van der Waals surface area contributed by atoms with Crippen molar-refractivity contribution in [1.82, 2.24) is 10.2 Å². The van der Waals surface area contributed by atoms with Gasteiger partial charge in [-0.2, -0.15) is 0 Å². The van der Waals surface area contributed by atoms with Gasteiger partial charge in [-0.15, -0.1) is 0 Å². The third-order valence-corrected chi connectivity index (χ3v) is 6.50. The van der Waals surface area contributed by atoms with Crippen molar-refractivity contribution in [2.75, 3.05) is 6.54 Å². The van der Waals surface area contributed by atoms with Crippen LogP contribution in [0.4, 0.5) is 4.39 Å². The van der Waals surface area contributed by atoms with Gasteiger partial charge in [-0.3, -0.25) is 9.59 Å². The number of benzene rings is 3. The van der Waals surface area contributed by atoms with Crippen LogP contribution in [0.1, 0.15) is 36.5 Å². The van der Waals surface area contributed by atoms with E-state index in [1.165, 1.54) is 11.0 Å². The van der Waals surface area contributed by atoms with Crippen LogP contribution < -0.4 is 5.32 Å². The normalized spacial score (nSPS) is 11.7. The molecule has 4 nitrogen and oxygen atoms in total. The van der Waals surface area contributed by atoms with Crippen LogP contribution >= 0.6 is 23.2 Å². The highest BCUT2D eigenvalue weighted by Crippen LogP contribution is 2.27. The SMILES string of the molecule is CCCCNC(=O)[C@H](Cc1ccccc1)N(Cc1c(Cl)cccc1Cl)C(=O)Cc1ccccc1F. The average molecular weight is 515 g/mol. The molecular weight excluding hydrogens is 486 g/mol. The molecule has 0 bridgehead atoms. The van der Waals surface area contributed by atoms with Gasteiger partial charge in [-0.25, -0.2) is 4.39 Å². The summed E-state index contributed by atoms with van der Waals surface area (Å²) in [4.78, 5) is 28.5. The number of hydrogen-bond donors (Lipinski definition) is 1. The summed E-state index contributed by atoms with van der Waals surface area (Å²) in [6.45, 7) is 2.56. The van der Waals surface area contributed by atoms with E-state index in [1.54, 1.807) is 36.4 Å². The van der Waals surface area contributed by atoms with E-state index in [1.807, 2.05) is 37.3 Å². The second-order valence-electron chi connectivity index (χ2n) is 8.34. The molecule has 1 atom stereocenters. The van der Waals surface area contributed by atoms with Crippen LogP contribution in [0.15, 0.2) is 72.8 Å². The Balaban J connectivity index is 2.00. The summed E-state index contributed by atoms with van der Waals surface area (Å²) in [5.74, 6) is -1.13. The molecule has 1 N–H and O–H groups in total. The van der Waals surface area contributed by atoms with Crippen molar-refractivity contribution in [3.05, 3.63) is 105 Å². The molecular formula is C28H29Cl2FN2O2. The minimum atomic E-state index is -0.833. The number of halogens is 3. The zero-order valence-electron chi connectivity index (χ0n) is 19.6. The maximum atomic E-state index is 14.4. The number of unbranched alkanes of at least 4 members (excludes halogenated alkanes) is 1. The second kappa shape index (κ2) is 13.3. The quantitative estimate of drug-likeness (QED) is 0.308. The summed E-state index contributed by atoms with van der Waals surface area (Å²) in [7, 11) is 0. The summed E-state index contributed by atoms with van der Waals surface area (Å²) in [5.41, 5.74) is 1.70. The standard InChI is InChI=1S/C28H29Cl2FN2O2/c1-2-3-16-32-28(35)26(17-20-10-5-4-6-11-20)33(19-22-23(29)13-9-14-24(22)30)27(34)18-21-12-7-8-15-25(21)31/h4-15,26H,2-3,16-19H2,1H3,(H,32,35)/t26-/m0/s1. The molecule has 0 fully saturated rings. The van der Waals surface area contributed by atoms with Crippen LogP contribution in [0.3, 0.4) is 0 Å². The van der Waals surface area contributed by atoms with Crippen molar-refractivity contribution in [3.8, 4) is 0 Å². The van der Waals surface area contributed by atoms with Crippen LogP contribution in [-0.2, 0) is 29.0 Å². The first-order valence-electron chi connectivity index (χ1n) is 11.7. The van der Waals surface area contributed by atoms with Gasteiger partial charge in [0.25, 0.3) is 0 Å². The monoisotopic (exact) mass is 514 g/mol. The summed E-state index contributed by atoms with van der Waals surface area (Å²) >= 11 is 12.9. The van der Waals surface area contributed by atoms with E-state index >= 15 is 0 Å². The number of rotatable bonds is 11. The summed E-state index contributed by atoms with van der Waals surface area (Å²) < 4.78 is 14.4. The molecule has 0 aliphatic heterocycles. The van der Waals surface area contributed by atoms with E-state index in [0.29, 0.717) is 28.6 Å². The maximum Gasteiger partial charge on any atom is 0.243 e. The van der Waals surface area contributed by atoms with Crippen molar-refractivity contribution in [2.24, 2.45) is 0 Å². The highest BCUT2D eigenvalue weighted by atomic mass is 35.5. The smallest absolute Gasteiger partial charge is 0.243 e. The molecule has 2 amide bonds. The van der Waals surface area contributed by atoms with Crippen LogP contribution in [-0.4, -0.2) is 29.3 Å². The molecule has 35 heavy (non-hydrogen) atoms. The lowest BCUT2D eigenvalue weighted by molar-refractivity contribution is -0.140. The molecule has 184 valence electrons. The molecule has 0 heterocycles. The Hall–Kier alpha value is -2.89. The molecule has 7 heteroatoms. The molecule has 0 saturated carbocycles. The Morgan fingerprint density at radius 2 is 1.60 bits per heavy atom. The Morgan fingerprint density at radius 3 is 2.26 bits per heavy atom. The topological polar surface area (TPSA) is 49.4 Å². The van der Waals surface area contributed by atoms with Gasteiger partial charge in [0.05, 0.1) is 6.42 Å². The van der Waals surface area contributed by atoms with Crippen molar-refractivity contribution < 1.29 is 14.0 Å². The first-order chi connectivity index (χ1) is 16.9. The fourth-order valence-electron chi connectivity index (χ4n) is 3.82. The van der Waals surface area contributed by atoms with Gasteiger partial charge in [0, 0.05) is 35.1 Å². The van der Waals surface area contributed by atoms with Gasteiger partial charge >= 0.3 is 0 Å². The van der Waals surface area contributed by atoms with Gasteiger partial charge in [0.1, 0.15) is 11.9 Å². The van der Waals surface area contributed by atoms with E-state index in [4.69, 9.17) is 23.2 Å². The van der Waals surface area contributed by atoms with Gasteiger partial charge in [0.15, 0.2) is 0 Å². The summed E-state index contributed by atoms with van der Waals surface area (Å²) in [6.07, 6.45) is 1.85. The molecule has 0 aliphatic rings. The molecule has 0 radical (unpaired) electrons. The number of carbonyl (C=O) groups excluding carboxylic acids is 2. The summed E-state index contributed by atoms with van der Waals surface area (Å²) in [5, 5.41) is 3.75. The van der Waals surface area contributed by atoms with Crippen molar-refractivity contribution >= 4 is 35.0 Å². The largest absolute Gasteiger partial charge is 0.354 e. The molecule has 0 aliphatic carbocycles. The van der Waals surface area contributed by atoms with Gasteiger partial charge in [-0.05, 0) is 35.7 Å². The highest BCUT2D eigenvalue weighted by molar-refractivity contribution is 6.36. The maximum absolute atomic E-state index is 14.4. The molecule has 0 unspecified atom stereocenters. The molecule has 3 aromatic carbocycles. The number of amides is 2. The number of nitrogens with zero attached hydrogens (tertiary/aromatic N) is 1.